The lowest BCUT2D eigenvalue weighted by atomic mass is 10.0. The summed E-state index contributed by atoms with van der Waals surface area (Å²) >= 11 is 1.46. The van der Waals surface area contributed by atoms with Crippen molar-refractivity contribution in [3.05, 3.63) is 16.8 Å². The van der Waals surface area contributed by atoms with Gasteiger partial charge in [0.1, 0.15) is 6.04 Å². The van der Waals surface area contributed by atoms with E-state index in [2.05, 4.69) is 10.6 Å². The second-order valence-corrected chi connectivity index (χ2v) is 4.91. The van der Waals surface area contributed by atoms with Gasteiger partial charge in [-0.25, -0.2) is 9.59 Å². The molecule has 0 aliphatic carbocycles. The molecule has 0 radical (unpaired) electrons. The van der Waals surface area contributed by atoms with Crippen molar-refractivity contribution in [2.24, 2.45) is 5.92 Å². The Hall–Kier alpha value is -1.56. The Morgan fingerprint density at radius 1 is 1.47 bits per heavy atom. The largest absolute Gasteiger partial charge is 0.480 e. The van der Waals surface area contributed by atoms with Gasteiger partial charge in [0.15, 0.2) is 0 Å². The van der Waals surface area contributed by atoms with Crippen molar-refractivity contribution in [1.82, 2.24) is 5.32 Å². The first kappa shape index (κ1) is 13.5. The maximum atomic E-state index is 11.5. The van der Waals surface area contributed by atoms with Crippen LogP contribution in [0.25, 0.3) is 0 Å². The average Bonchev–Trinajstić information content (AvgIpc) is 2.68. The van der Waals surface area contributed by atoms with E-state index in [4.69, 9.17) is 5.11 Å². The number of nitrogens with one attached hydrogen (secondary N) is 2. The van der Waals surface area contributed by atoms with Crippen LogP contribution in [0.2, 0.25) is 0 Å². The second kappa shape index (κ2) is 6.24. The number of carboxylic acid groups (broad SMARTS) is 1. The number of carboxylic acids is 1. The molecule has 3 N–H and O–H groups in total. The molecule has 0 unspecified atom stereocenters. The van der Waals surface area contributed by atoms with Gasteiger partial charge >= 0.3 is 12.0 Å². The highest BCUT2D eigenvalue weighted by molar-refractivity contribution is 7.08. The fourth-order valence-electron chi connectivity index (χ4n) is 1.35. The summed E-state index contributed by atoms with van der Waals surface area (Å²) in [5.74, 6) is -0.809. The third-order valence-corrected chi connectivity index (χ3v) is 2.77. The summed E-state index contributed by atoms with van der Waals surface area (Å²) in [6.45, 7) is 3.82. The topological polar surface area (TPSA) is 78.4 Å². The SMILES string of the molecule is CC(C)C[C@H](NC(=O)Nc1ccsc1)C(=O)O. The molecular weight excluding hydrogens is 240 g/mol. The zero-order valence-corrected chi connectivity index (χ0v) is 10.6. The lowest BCUT2D eigenvalue weighted by Gasteiger charge is -2.16. The van der Waals surface area contributed by atoms with Crippen molar-refractivity contribution < 1.29 is 14.7 Å². The van der Waals surface area contributed by atoms with E-state index in [1.807, 2.05) is 19.2 Å². The van der Waals surface area contributed by atoms with Crippen LogP contribution in [0.4, 0.5) is 10.5 Å². The van der Waals surface area contributed by atoms with E-state index >= 15 is 0 Å². The Morgan fingerprint density at radius 3 is 2.65 bits per heavy atom. The zero-order chi connectivity index (χ0) is 12.8. The molecule has 0 aromatic carbocycles. The number of carbonyl (C=O) groups excluding carboxylic acids is 1. The quantitative estimate of drug-likeness (QED) is 0.756. The van der Waals surface area contributed by atoms with Gasteiger partial charge in [0.2, 0.25) is 0 Å². The predicted octanol–water partition coefficient (Wildman–Crippen LogP) is 2.37. The number of carbonyl (C=O) groups is 2. The molecule has 6 heteroatoms. The summed E-state index contributed by atoms with van der Waals surface area (Å²) in [6.07, 6.45) is 0.409. The Bertz CT molecular complexity index is 376. The van der Waals surface area contributed by atoms with Crippen LogP contribution in [-0.2, 0) is 4.79 Å². The fraction of sp³-hybridized carbons (Fsp3) is 0.455. The van der Waals surface area contributed by atoms with Crippen LogP contribution in [0.3, 0.4) is 0 Å². The molecule has 0 bridgehead atoms. The molecule has 0 spiro atoms. The normalized spacial score (nSPS) is 12.2. The van der Waals surface area contributed by atoms with Crippen molar-refractivity contribution >= 4 is 29.0 Å². The van der Waals surface area contributed by atoms with Gasteiger partial charge in [-0.1, -0.05) is 13.8 Å². The number of hydrogen-bond acceptors (Lipinski definition) is 3. The molecule has 2 amide bonds. The summed E-state index contributed by atoms with van der Waals surface area (Å²) < 4.78 is 0. The lowest BCUT2D eigenvalue weighted by molar-refractivity contribution is -0.139. The van der Waals surface area contributed by atoms with E-state index in [0.29, 0.717) is 12.1 Å². The average molecular weight is 256 g/mol. The van der Waals surface area contributed by atoms with Gasteiger partial charge in [0.25, 0.3) is 0 Å². The third-order valence-electron chi connectivity index (χ3n) is 2.09. The van der Waals surface area contributed by atoms with Crippen LogP contribution in [0.15, 0.2) is 16.8 Å². The molecular formula is C11H16N2O3S. The van der Waals surface area contributed by atoms with Crippen LogP contribution in [0.1, 0.15) is 20.3 Å². The van der Waals surface area contributed by atoms with Crippen LogP contribution < -0.4 is 10.6 Å². The Labute approximate surface area is 104 Å². The standard InChI is InChI=1S/C11H16N2O3S/c1-7(2)5-9(10(14)15)13-11(16)12-8-3-4-17-6-8/h3-4,6-7,9H,5H2,1-2H3,(H,14,15)(H2,12,13,16)/t9-/m0/s1. The number of urea groups is 1. The van der Waals surface area contributed by atoms with Gasteiger partial charge in [0, 0.05) is 5.38 Å². The van der Waals surface area contributed by atoms with E-state index in [9.17, 15) is 9.59 Å². The number of anilines is 1. The minimum Gasteiger partial charge on any atom is -0.480 e. The zero-order valence-electron chi connectivity index (χ0n) is 9.77. The highest BCUT2D eigenvalue weighted by Crippen LogP contribution is 2.11. The minimum absolute atomic E-state index is 0.206. The van der Waals surface area contributed by atoms with Gasteiger partial charge in [0.05, 0.1) is 5.69 Å². The summed E-state index contributed by atoms with van der Waals surface area (Å²) in [6, 6.07) is 0.410. The van der Waals surface area contributed by atoms with Crippen LogP contribution in [-0.4, -0.2) is 23.1 Å². The molecule has 0 aliphatic heterocycles. The summed E-state index contributed by atoms with van der Waals surface area (Å²) in [7, 11) is 0. The monoisotopic (exact) mass is 256 g/mol. The number of aliphatic carboxylic acids is 1. The third kappa shape index (κ3) is 4.86. The Kier molecular flexibility index (Phi) is 4.96. The lowest BCUT2D eigenvalue weighted by Crippen LogP contribution is -2.43. The van der Waals surface area contributed by atoms with Gasteiger partial charge < -0.3 is 15.7 Å². The van der Waals surface area contributed by atoms with Crippen LogP contribution in [0, 0.1) is 5.92 Å². The first-order valence-electron chi connectivity index (χ1n) is 5.31. The Morgan fingerprint density at radius 2 is 2.18 bits per heavy atom. The van der Waals surface area contributed by atoms with Crippen molar-refractivity contribution in [2.75, 3.05) is 5.32 Å². The maximum Gasteiger partial charge on any atom is 0.326 e. The smallest absolute Gasteiger partial charge is 0.326 e. The van der Waals surface area contributed by atoms with E-state index in [-0.39, 0.29) is 5.92 Å². The van der Waals surface area contributed by atoms with E-state index in [1.54, 1.807) is 11.4 Å². The number of hydrogen-bond donors (Lipinski definition) is 3. The van der Waals surface area contributed by atoms with Crippen molar-refractivity contribution in [3.8, 4) is 0 Å². The molecule has 1 atom stereocenters. The van der Waals surface area contributed by atoms with Gasteiger partial charge in [-0.15, -0.1) is 0 Å². The highest BCUT2D eigenvalue weighted by atomic mass is 32.1. The molecule has 1 rings (SSSR count). The number of amides is 2. The predicted molar refractivity (Wildman–Crippen MR) is 67.4 cm³/mol. The first-order valence-corrected chi connectivity index (χ1v) is 6.26. The summed E-state index contributed by atoms with van der Waals surface area (Å²) in [5, 5.41) is 17.6. The molecule has 0 saturated carbocycles. The number of thiophene rings is 1. The van der Waals surface area contributed by atoms with E-state index in [0.717, 1.165) is 0 Å². The second-order valence-electron chi connectivity index (χ2n) is 4.13. The molecule has 1 aromatic heterocycles. The molecule has 0 saturated heterocycles. The minimum atomic E-state index is -1.01. The molecule has 1 aromatic rings. The highest BCUT2D eigenvalue weighted by Gasteiger charge is 2.20. The molecule has 17 heavy (non-hydrogen) atoms. The van der Waals surface area contributed by atoms with Gasteiger partial charge in [-0.2, -0.15) is 11.3 Å². The van der Waals surface area contributed by atoms with Crippen molar-refractivity contribution in [3.63, 3.8) is 0 Å². The number of rotatable bonds is 5. The first-order chi connectivity index (χ1) is 7.99. The molecule has 0 fully saturated rings. The van der Waals surface area contributed by atoms with Gasteiger partial charge in [-0.05, 0) is 23.8 Å². The van der Waals surface area contributed by atoms with Crippen LogP contribution >= 0.6 is 11.3 Å². The Balaban J connectivity index is 2.49. The molecule has 0 aliphatic rings. The fourth-order valence-corrected chi connectivity index (χ4v) is 1.94. The van der Waals surface area contributed by atoms with E-state index < -0.39 is 18.0 Å². The van der Waals surface area contributed by atoms with Crippen molar-refractivity contribution in [1.29, 1.82) is 0 Å². The molecule has 1 heterocycles. The van der Waals surface area contributed by atoms with Gasteiger partial charge in [-0.3, -0.25) is 0 Å². The summed E-state index contributed by atoms with van der Waals surface area (Å²) in [5.41, 5.74) is 0.668. The van der Waals surface area contributed by atoms with E-state index in [1.165, 1.54) is 11.3 Å². The van der Waals surface area contributed by atoms with Crippen molar-refractivity contribution in [2.45, 2.75) is 26.3 Å². The summed E-state index contributed by atoms with van der Waals surface area (Å²) in [4.78, 5) is 22.5. The molecule has 5 nitrogen and oxygen atoms in total. The maximum absolute atomic E-state index is 11.5. The molecule has 94 valence electrons. The van der Waals surface area contributed by atoms with Crippen LogP contribution in [0.5, 0.6) is 0 Å².